The number of hydrogen-bond donors (Lipinski definition) is 1. The molecule has 0 aliphatic heterocycles. The van der Waals surface area contributed by atoms with E-state index in [0.29, 0.717) is 6.42 Å². The van der Waals surface area contributed by atoms with Gasteiger partial charge in [-0.05, 0) is 66.5 Å². The quantitative estimate of drug-likeness (QED) is 0.231. The van der Waals surface area contributed by atoms with E-state index in [1.54, 1.807) is 71.9 Å². The molecule has 3 aromatic rings. The molecule has 0 fully saturated rings. The third-order valence-electron chi connectivity index (χ3n) is 5.28. The molecule has 3 rings (SSSR count). The standard InChI is InChI=1S/C29H35FN4O6/c1-28(2,3)39-26(36)32-22(14-8-7-9-15-24(35)21-16-17-38-33-21)25-31-23(19-12-10-11-13-20(19)30)18-34(25)27(37)40-29(4,5)6/h7-8,10-13,16-18,22H,9,14-15H2,1-6H3,(H,32,36)/b8-7+/t22-/m0/s1. The topological polar surface area (TPSA) is 126 Å². The highest BCUT2D eigenvalue weighted by Gasteiger charge is 2.29. The summed E-state index contributed by atoms with van der Waals surface area (Å²) in [5.74, 6) is -0.560. The minimum Gasteiger partial charge on any atom is -0.444 e. The Morgan fingerprint density at radius 3 is 2.38 bits per heavy atom. The van der Waals surface area contributed by atoms with Gasteiger partial charge in [0.05, 0.1) is 11.7 Å². The van der Waals surface area contributed by atoms with E-state index in [4.69, 9.17) is 14.0 Å². The molecule has 1 aromatic carbocycles. The van der Waals surface area contributed by atoms with Crippen molar-refractivity contribution >= 4 is 18.0 Å². The fraction of sp³-hybridized carbons (Fsp3) is 0.414. The molecule has 2 aromatic heterocycles. The van der Waals surface area contributed by atoms with Gasteiger partial charge in [0.25, 0.3) is 0 Å². The molecule has 0 aliphatic rings. The van der Waals surface area contributed by atoms with Crippen LogP contribution >= 0.6 is 0 Å². The Balaban J connectivity index is 1.93. The number of imidazole rings is 1. The van der Waals surface area contributed by atoms with E-state index >= 15 is 0 Å². The summed E-state index contributed by atoms with van der Waals surface area (Å²) in [6.07, 6.45) is 5.59. The first-order valence-electron chi connectivity index (χ1n) is 12.9. The molecule has 0 aliphatic carbocycles. The van der Waals surface area contributed by atoms with E-state index in [1.165, 1.54) is 24.6 Å². The van der Waals surface area contributed by atoms with Gasteiger partial charge in [0.15, 0.2) is 5.78 Å². The van der Waals surface area contributed by atoms with Gasteiger partial charge in [0, 0.05) is 24.2 Å². The van der Waals surface area contributed by atoms with E-state index in [0.717, 1.165) is 4.57 Å². The van der Waals surface area contributed by atoms with Crippen LogP contribution in [0.2, 0.25) is 0 Å². The van der Waals surface area contributed by atoms with Crippen LogP contribution in [0.15, 0.2) is 59.5 Å². The average Bonchev–Trinajstić information content (AvgIpc) is 3.52. The summed E-state index contributed by atoms with van der Waals surface area (Å²) in [6.45, 7) is 10.3. The number of ketones is 1. The van der Waals surface area contributed by atoms with E-state index in [-0.39, 0.29) is 41.4 Å². The van der Waals surface area contributed by atoms with Crippen molar-refractivity contribution in [3.05, 3.63) is 72.3 Å². The Hall–Kier alpha value is -4.28. The number of nitrogens with zero attached hydrogens (tertiary/aromatic N) is 3. The zero-order valence-corrected chi connectivity index (χ0v) is 23.6. The Labute approximate surface area is 232 Å². The number of hydrogen-bond acceptors (Lipinski definition) is 8. The molecule has 1 atom stereocenters. The molecule has 214 valence electrons. The zero-order chi connectivity index (χ0) is 29.5. The normalized spacial score (nSPS) is 12.8. The minimum atomic E-state index is -0.856. The second kappa shape index (κ2) is 12.7. The molecule has 1 amide bonds. The van der Waals surface area contributed by atoms with Gasteiger partial charge in [0.2, 0.25) is 0 Å². The number of amides is 1. The maximum Gasteiger partial charge on any atom is 0.420 e. The largest absolute Gasteiger partial charge is 0.444 e. The molecule has 0 radical (unpaired) electrons. The minimum absolute atomic E-state index is 0.127. The summed E-state index contributed by atoms with van der Waals surface area (Å²) >= 11 is 0. The number of allylic oxidation sites excluding steroid dienone is 1. The number of ether oxygens (including phenoxy) is 2. The van der Waals surface area contributed by atoms with Crippen LogP contribution in [0.5, 0.6) is 0 Å². The number of Topliss-reactive ketones (excluding diaryl/α,β-unsaturated/α-hetero) is 1. The van der Waals surface area contributed by atoms with Crippen LogP contribution in [0.4, 0.5) is 14.0 Å². The van der Waals surface area contributed by atoms with Gasteiger partial charge < -0.3 is 19.3 Å². The van der Waals surface area contributed by atoms with Crippen molar-refractivity contribution in [2.75, 3.05) is 0 Å². The summed E-state index contributed by atoms with van der Waals surface area (Å²) in [7, 11) is 0. The SMILES string of the molecule is CC(C)(C)OC(=O)N[C@@H](C/C=C/CCC(=O)c1ccon1)c1nc(-c2ccccc2F)cn1C(=O)OC(C)(C)C. The van der Waals surface area contributed by atoms with Gasteiger partial charge in [-0.25, -0.2) is 23.5 Å². The first-order chi connectivity index (χ1) is 18.7. The van der Waals surface area contributed by atoms with Gasteiger partial charge >= 0.3 is 12.2 Å². The number of nitrogens with one attached hydrogen (secondary N) is 1. The third-order valence-corrected chi connectivity index (χ3v) is 5.28. The van der Waals surface area contributed by atoms with Crippen LogP contribution < -0.4 is 5.32 Å². The Morgan fingerprint density at radius 2 is 1.75 bits per heavy atom. The predicted molar refractivity (Wildman–Crippen MR) is 145 cm³/mol. The molecule has 10 nitrogen and oxygen atoms in total. The fourth-order valence-corrected chi connectivity index (χ4v) is 3.62. The number of alkyl carbamates (subject to hydrolysis) is 1. The molecule has 11 heteroatoms. The van der Waals surface area contributed by atoms with E-state index in [1.807, 2.05) is 0 Å². The summed E-state index contributed by atoms with van der Waals surface area (Å²) in [4.78, 5) is 42.7. The smallest absolute Gasteiger partial charge is 0.420 e. The lowest BCUT2D eigenvalue weighted by molar-refractivity contribution is 0.0473. The van der Waals surface area contributed by atoms with Crippen LogP contribution in [0.3, 0.4) is 0 Å². The van der Waals surface area contributed by atoms with E-state index in [9.17, 15) is 18.8 Å². The maximum absolute atomic E-state index is 14.6. The molecule has 0 spiro atoms. The van der Waals surface area contributed by atoms with Gasteiger partial charge in [-0.1, -0.05) is 29.4 Å². The van der Waals surface area contributed by atoms with Crippen molar-refractivity contribution < 1.29 is 32.8 Å². The van der Waals surface area contributed by atoms with Gasteiger partial charge in [-0.2, -0.15) is 0 Å². The number of benzene rings is 1. The Kier molecular flexibility index (Phi) is 9.62. The van der Waals surface area contributed by atoms with Crippen LogP contribution in [0, 0.1) is 5.82 Å². The molecule has 2 heterocycles. The Morgan fingerprint density at radius 1 is 1.05 bits per heavy atom. The summed E-state index contributed by atoms with van der Waals surface area (Å²) in [5, 5.41) is 6.40. The first-order valence-corrected chi connectivity index (χ1v) is 12.9. The maximum atomic E-state index is 14.6. The molecule has 0 unspecified atom stereocenters. The lowest BCUT2D eigenvalue weighted by Gasteiger charge is -2.24. The second-order valence-electron chi connectivity index (χ2n) is 11.1. The molecule has 0 saturated heterocycles. The highest BCUT2D eigenvalue weighted by molar-refractivity contribution is 5.94. The average molecular weight is 555 g/mol. The van der Waals surface area contributed by atoms with E-state index in [2.05, 4.69) is 15.5 Å². The van der Waals surface area contributed by atoms with Gasteiger partial charge in [-0.3, -0.25) is 4.79 Å². The van der Waals surface area contributed by atoms with Crippen molar-refractivity contribution in [3.63, 3.8) is 0 Å². The predicted octanol–water partition coefficient (Wildman–Crippen LogP) is 6.64. The zero-order valence-electron chi connectivity index (χ0n) is 23.6. The first kappa shape index (κ1) is 30.3. The third kappa shape index (κ3) is 8.89. The molecular weight excluding hydrogens is 519 g/mol. The monoisotopic (exact) mass is 554 g/mol. The second-order valence-corrected chi connectivity index (χ2v) is 11.1. The molecule has 0 saturated carbocycles. The number of rotatable bonds is 9. The lowest BCUT2D eigenvalue weighted by Crippen LogP contribution is -2.37. The van der Waals surface area contributed by atoms with Crippen LogP contribution in [0.1, 0.15) is 83.2 Å². The highest BCUT2D eigenvalue weighted by atomic mass is 19.1. The van der Waals surface area contributed by atoms with Crippen LogP contribution in [0.25, 0.3) is 11.3 Å². The summed E-state index contributed by atoms with van der Waals surface area (Å²) in [6, 6.07) is 6.69. The van der Waals surface area contributed by atoms with Crippen molar-refractivity contribution in [2.24, 2.45) is 0 Å². The fourth-order valence-electron chi connectivity index (χ4n) is 3.62. The van der Waals surface area contributed by atoms with E-state index < -0.39 is 35.2 Å². The molecular formula is C29H35FN4O6. The van der Waals surface area contributed by atoms with Gasteiger partial charge in [0.1, 0.15) is 34.8 Å². The van der Waals surface area contributed by atoms with Crippen molar-refractivity contribution in [2.45, 2.75) is 78.0 Å². The molecule has 40 heavy (non-hydrogen) atoms. The van der Waals surface area contributed by atoms with Crippen molar-refractivity contribution in [3.8, 4) is 11.3 Å². The van der Waals surface area contributed by atoms with Crippen LogP contribution in [-0.2, 0) is 9.47 Å². The number of carbonyl (C=O) groups is 3. The van der Waals surface area contributed by atoms with Crippen LogP contribution in [-0.4, -0.2) is 43.9 Å². The molecule has 1 N–H and O–H groups in total. The van der Waals surface area contributed by atoms with Crippen molar-refractivity contribution in [1.82, 2.24) is 20.0 Å². The number of halogens is 1. The Bertz CT molecular complexity index is 1350. The van der Waals surface area contributed by atoms with Crippen molar-refractivity contribution in [1.29, 1.82) is 0 Å². The number of carbonyl (C=O) groups excluding carboxylic acids is 3. The highest BCUT2D eigenvalue weighted by Crippen LogP contribution is 2.27. The van der Waals surface area contributed by atoms with Gasteiger partial charge in [-0.15, -0.1) is 0 Å². The summed E-state index contributed by atoms with van der Waals surface area (Å²) in [5.41, 5.74) is -0.967. The summed E-state index contributed by atoms with van der Waals surface area (Å²) < 4.78 is 31.5. The lowest BCUT2D eigenvalue weighted by atomic mass is 10.1. The molecule has 0 bridgehead atoms. The number of aromatic nitrogens is 3.